The summed E-state index contributed by atoms with van der Waals surface area (Å²) in [6.07, 6.45) is 8.00. The SMILES string of the molecule is CNC(C)(C)c1cncn1C1CCCC1C. The zero-order valence-corrected chi connectivity index (χ0v) is 10.8. The van der Waals surface area contributed by atoms with Crippen molar-refractivity contribution in [1.82, 2.24) is 14.9 Å². The molecule has 90 valence electrons. The molecule has 2 unspecified atom stereocenters. The molecule has 1 saturated carbocycles. The smallest absolute Gasteiger partial charge is 0.0951 e. The molecule has 3 heteroatoms. The molecule has 1 aliphatic carbocycles. The van der Waals surface area contributed by atoms with Gasteiger partial charge in [0.15, 0.2) is 0 Å². The summed E-state index contributed by atoms with van der Waals surface area (Å²) >= 11 is 0. The maximum Gasteiger partial charge on any atom is 0.0951 e. The van der Waals surface area contributed by atoms with Crippen molar-refractivity contribution in [3.8, 4) is 0 Å². The number of nitrogens with zero attached hydrogens (tertiary/aromatic N) is 2. The Kier molecular flexibility index (Phi) is 3.06. The van der Waals surface area contributed by atoms with E-state index in [0.717, 1.165) is 5.92 Å². The van der Waals surface area contributed by atoms with Gasteiger partial charge < -0.3 is 9.88 Å². The average Bonchev–Trinajstić information content (AvgIpc) is 2.85. The van der Waals surface area contributed by atoms with Crippen LogP contribution in [0.4, 0.5) is 0 Å². The van der Waals surface area contributed by atoms with Crippen LogP contribution in [-0.4, -0.2) is 16.6 Å². The lowest BCUT2D eigenvalue weighted by atomic mass is 9.99. The third-order valence-corrected chi connectivity index (χ3v) is 4.10. The van der Waals surface area contributed by atoms with E-state index in [1.165, 1.54) is 25.0 Å². The summed E-state index contributed by atoms with van der Waals surface area (Å²) in [6.45, 7) is 6.77. The second kappa shape index (κ2) is 4.21. The van der Waals surface area contributed by atoms with E-state index in [-0.39, 0.29) is 5.54 Å². The van der Waals surface area contributed by atoms with Crippen molar-refractivity contribution in [3.63, 3.8) is 0 Å². The Morgan fingerprint density at radius 2 is 2.19 bits per heavy atom. The molecule has 0 aliphatic heterocycles. The van der Waals surface area contributed by atoms with E-state index in [4.69, 9.17) is 0 Å². The standard InChI is InChI=1S/C13H23N3/c1-10-6-5-7-11(10)16-9-15-8-12(16)13(2,3)14-4/h8-11,14H,5-7H2,1-4H3. The van der Waals surface area contributed by atoms with Crippen LogP contribution in [0, 0.1) is 5.92 Å². The molecule has 16 heavy (non-hydrogen) atoms. The number of hydrogen-bond donors (Lipinski definition) is 1. The van der Waals surface area contributed by atoms with E-state index in [1.54, 1.807) is 0 Å². The Morgan fingerprint density at radius 3 is 2.75 bits per heavy atom. The Labute approximate surface area is 98.3 Å². The first-order chi connectivity index (χ1) is 7.56. The van der Waals surface area contributed by atoms with Crippen molar-refractivity contribution in [2.45, 2.75) is 51.6 Å². The molecule has 3 nitrogen and oxygen atoms in total. The fourth-order valence-electron chi connectivity index (χ4n) is 2.72. The van der Waals surface area contributed by atoms with Crippen LogP contribution in [0.15, 0.2) is 12.5 Å². The zero-order valence-electron chi connectivity index (χ0n) is 10.8. The number of imidazole rings is 1. The van der Waals surface area contributed by atoms with Gasteiger partial charge in [-0.15, -0.1) is 0 Å². The van der Waals surface area contributed by atoms with Crippen LogP contribution in [0.3, 0.4) is 0 Å². The van der Waals surface area contributed by atoms with Crippen LogP contribution < -0.4 is 5.32 Å². The molecule has 0 bridgehead atoms. The average molecular weight is 221 g/mol. The van der Waals surface area contributed by atoms with Crippen molar-refractivity contribution >= 4 is 0 Å². The second-order valence-electron chi connectivity index (χ2n) is 5.54. The molecule has 0 saturated heterocycles. The fourth-order valence-corrected chi connectivity index (χ4v) is 2.72. The summed E-state index contributed by atoms with van der Waals surface area (Å²) in [4.78, 5) is 4.34. The van der Waals surface area contributed by atoms with Gasteiger partial charge in [0, 0.05) is 6.04 Å². The molecule has 1 fully saturated rings. The predicted octanol–water partition coefficient (Wildman–Crippen LogP) is 2.70. The largest absolute Gasteiger partial charge is 0.330 e. The minimum absolute atomic E-state index is 0.00118. The molecule has 0 aromatic carbocycles. The highest BCUT2D eigenvalue weighted by molar-refractivity contribution is 5.12. The molecule has 1 aliphatic rings. The van der Waals surface area contributed by atoms with E-state index >= 15 is 0 Å². The third kappa shape index (κ3) is 1.88. The Balaban J connectivity index is 2.32. The predicted molar refractivity (Wildman–Crippen MR) is 66.4 cm³/mol. The quantitative estimate of drug-likeness (QED) is 0.850. The van der Waals surface area contributed by atoms with Crippen LogP contribution in [0.25, 0.3) is 0 Å². The van der Waals surface area contributed by atoms with Gasteiger partial charge in [-0.3, -0.25) is 0 Å². The highest BCUT2D eigenvalue weighted by Gasteiger charge is 2.30. The summed E-state index contributed by atoms with van der Waals surface area (Å²) in [5.41, 5.74) is 1.30. The first-order valence-corrected chi connectivity index (χ1v) is 6.27. The van der Waals surface area contributed by atoms with Gasteiger partial charge >= 0.3 is 0 Å². The monoisotopic (exact) mass is 221 g/mol. The minimum Gasteiger partial charge on any atom is -0.330 e. The molecule has 1 aromatic rings. The highest BCUT2D eigenvalue weighted by Crippen LogP contribution is 2.37. The Morgan fingerprint density at radius 1 is 1.44 bits per heavy atom. The molecule has 0 radical (unpaired) electrons. The third-order valence-electron chi connectivity index (χ3n) is 4.10. The Hall–Kier alpha value is -0.830. The number of hydrogen-bond acceptors (Lipinski definition) is 2. The van der Waals surface area contributed by atoms with Gasteiger partial charge in [-0.1, -0.05) is 13.3 Å². The van der Waals surface area contributed by atoms with E-state index in [9.17, 15) is 0 Å². The molecule has 1 N–H and O–H groups in total. The molecule has 2 atom stereocenters. The van der Waals surface area contributed by atoms with Crippen molar-refractivity contribution < 1.29 is 0 Å². The lowest BCUT2D eigenvalue weighted by Gasteiger charge is -2.29. The topological polar surface area (TPSA) is 29.9 Å². The molecule has 0 amide bonds. The summed E-state index contributed by atoms with van der Waals surface area (Å²) in [5.74, 6) is 0.778. The van der Waals surface area contributed by atoms with Gasteiger partial charge in [-0.2, -0.15) is 0 Å². The van der Waals surface area contributed by atoms with Crippen molar-refractivity contribution in [2.24, 2.45) is 5.92 Å². The second-order valence-corrected chi connectivity index (χ2v) is 5.54. The number of rotatable bonds is 3. The fraction of sp³-hybridized carbons (Fsp3) is 0.769. The van der Waals surface area contributed by atoms with Crippen molar-refractivity contribution in [1.29, 1.82) is 0 Å². The summed E-state index contributed by atoms with van der Waals surface area (Å²) in [7, 11) is 2.01. The first-order valence-electron chi connectivity index (χ1n) is 6.27. The highest BCUT2D eigenvalue weighted by atomic mass is 15.1. The van der Waals surface area contributed by atoms with Crippen molar-refractivity contribution in [2.75, 3.05) is 7.05 Å². The Bertz CT molecular complexity index is 354. The molecule has 2 rings (SSSR count). The van der Waals surface area contributed by atoms with E-state index in [0.29, 0.717) is 6.04 Å². The maximum atomic E-state index is 4.34. The molecule has 1 aromatic heterocycles. The molecule has 0 spiro atoms. The van der Waals surface area contributed by atoms with E-state index in [2.05, 4.69) is 35.6 Å². The van der Waals surface area contributed by atoms with Crippen LogP contribution in [0.5, 0.6) is 0 Å². The van der Waals surface area contributed by atoms with Gasteiger partial charge in [0.25, 0.3) is 0 Å². The van der Waals surface area contributed by atoms with Crippen LogP contribution in [0.1, 0.15) is 51.8 Å². The minimum atomic E-state index is -0.00118. The summed E-state index contributed by atoms with van der Waals surface area (Å²) in [5, 5.41) is 3.36. The first kappa shape index (κ1) is 11.6. The van der Waals surface area contributed by atoms with E-state index in [1.807, 2.05) is 19.6 Å². The maximum absolute atomic E-state index is 4.34. The summed E-state index contributed by atoms with van der Waals surface area (Å²) < 4.78 is 2.38. The molecule has 1 heterocycles. The number of aromatic nitrogens is 2. The van der Waals surface area contributed by atoms with Gasteiger partial charge in [0.1, 0.15) is 0 Å². The van der Waals surface area contributed by atoms with Gasteiger partial charge in [0.2, 0.25) is 0 Å². The van der Waals surface area contributed by atoms with Crippen LogP contribution >= 0.6 is 0 Å². The van der Waals surface area contributed by atoms with Gasteiger partial charge in [-0.25, -0.2) is 4.98 Å². The van der Waals surface area contributed by atoms with Gasteiger partial charge in [-0.05, 0) is 39.7 Å². The van der Waals surface area contributed by atoms with Crippen LogP contribution in [0.2, 0.25) is 0 Å². The number of nitrogens with one attached hydrogen (secondary N) is 1. The normalized spacial score (nSPS) is 26.2. The van der Waals surface area contributed by atoms with Gasteiger partial charge in [0.05, 0.1) is 23.8 Å². The zero-order chi connectivity index (χ0) is 11.8. The lowest BCUT2D eigenvalue weighted by molar-refractivity contribution is 0.347. The van der Waals surface area contributed by atoms with Crippen molar-refractivity contribution in [3.05, 3.63) is 18.2 Å². The molecular formula is C13H23N3. The summed E-state index contributed by atoms with van der Waals surface area (Å²) in [6, 6.07) is 0.644. The van der Waals surface area contributed by atoms with E-state index < -0.39 is 0 Å². The lowest BCUT2D eigenvalue weighted by Crippen LogP contribution is -2.36. The van der Waals surface area contributed by atoms with Crippen LogP contribution in [-0.2, 0) is 5.54 Å². The molecular weight excluding hydrogens is 198 g/mol.